The van der Waals surface area contributed by atoms with E-state index in [2.05, 4.69) is 32.3 Å². The van der Waals surface area contributed by atoms with Gasteiger partial charge in [0, 0.05) is 45.8 Å². The number of guanidine groups is 1. The predicted molar refractivity (Wildman–Crippen MR) is 120 cm³/mol. The first-order valence-electron chi connectivity index (χ1n) is 10.0. The van der Waals surface area contributed by atoms with Crippen LogP contribution >= 0.6 is 24.0 Å². The number of piperidine rings is 1. The third kappa shape index (κ3) is 9.91. The van der Waals surface area contributed by atoms with Crippen molar-refractivity contribution in [2.24, 2.45) is 16.6 Å². The summed E-state index contributed by atoms with van der Waals surface area (Å²) in [6.07, 6.45) is 2.98. The molecule has 2 aliphatic rings. The van der Waals surface area contributed by atoms with Gasteiger partial charge >= 0.3 is 0 Å². The predicted octanol–water partition coefficient (Wildman–Crippen LogP) is 0.0791. The molecule has 2 fully saturated rings. The van der Waals surface area contributed by atoms with Gasteiger partial charge in [-0.25, -0.2) is 0 Å². The first-order chi connectivity index (χ1) is 12.7. The molecule has 158 valence electrons. The van der Waals surface area contributed by atoms with E-state index < -0.39 is 0 Å². The fourth-order valence-electron chi connectivity index (χ4n) is 3.47. The lowest BCUT2D eigenvalue weighted by Crippen LogP contribution is -2.44. The van der Waals surface area contributed by atoms with Crippen LogP contribution in [0.5, 0.6) is 0 Å². The fraction of sp³-hybridized carbons (Fsp3) is 0.889. The highest BCUT2D eigenvalue weighted by Crippen LogP contribution is 2.15. The summed E-state index contributed by atoms with van der Waals surface area (Å²) in [4.78, 5) is 20.8. The Hall–Kier alpha value is -0.650. The molecule has 0 saturated carbocycles. The molecule has 4 N–H and O–H groups in total. The number of hydrogen-bond donors (Lipinski definition) is 3. The molecule has 0 aromatic heterocycles. The Balaban J connectivity index is 0.00000364. The van der Waals surface area contributed by atoms with Crippen molar-refractivity contribution in [1.82, 2.24) is 20.4 Å². The number of carbonyl (C=O) groups is 1. The molecule has 2 rings (SSSR count). The van der Waals surface area contributed by atoms with Crippen LogP contribution in [-0.2, 0) is 9.53 Å². The number of morpholine rings is 1. The second-order valence-corrected chi connectivity index (χ2v) is 7.04. The molecular weight excluding hydrogens is 459 g/mol. The van der Waals surface area contributed by atoms with Crippen LogP contribution in [-0.4, -0.2) is 93.8 Å². The van der Waals surface area contributed by atoms with Crippen LogP contribution < -0.4 is 16.4 Å². The van der Waals surface area contributed by atoms with Gasteiger partial charge in [0.1, 0.15) is 0 Å². The Kier molecular flexibility index (Phi) is 13.0. The molecule has 27 heavy (non-hydrogen) atoms. The summed E-state index contributed by atoms with van der Waals surface area (Å²) in [5.41, 5.74) is 5.44. The van der Waals surface area contributed by atoms with Crippen molar-refractivity contribution in [3.05, 3.63) is 0 Å². The van der Waals surface area contributed by atoms with Crippen molar-refractivity contribution in [1.29, 1.82) is 0 Å². The summed E-state index contributed by atoms with van der Waals surface area (Å²) < 4.78 is 5.37. The van der Waals surface area contributed by atoms with Gasteiger partial charge in [-0.15, -0.1) is 24.0 Å². The fourth-order valence-corrected chi connectivity index (χ4v) is 3.47. The Morgan fingerprint density at radius 2 is 1.96 bits per heavy atom. The average Bonchev–Trinajstić information content (AvgIpc) is 2.66. The molecule has 1 unspecified atom stereocenters. The van der Waals surface area contributed by atoms with Gasteiger partial charge in [0.15, 0.2) is 5.96 Å². The lowest BCUT2D eigenvalue weighted by Gasteiger charge is -2.30. The van der Waals surface area contributed by atoms with Crippen molar-refractivity contribution < 1.29 is 9.53 Å². The van der Waals surface area contributed by atoms with E-state index in [9.17, 15) is 4.79 Å². The average molecular weight is 496 g/mol. The molecule has 2 heterocycles. The van der Waals surface area contributed by atoms with Gasteiger partial charge in [-0.1, -0.05) is 0 Å². The van der Waals surface area contributed by atoms with Gasteiger partial charge in [-0.3, -0.25) is 14.7 Å². The number of rotatable bonds is 9. The molecule has 0 aliphatic carbocycles. The number of hydrogen-bond acceptors (Lipinski definition) is 5. The van der Waals surface area contributed by atoms with E-state index in [-0.39, 0.29) is 35.8 Å². The number of likely N-dealkylation sites (tertiary alicyclic amines) is 1. The molecule has 0 aromatic carbocycles. The number of primary amides is 1. The largest absolute Gasteiger partial charge is 0.379 e. The molecule has 0 bridgehead atoms. The summed E-state index contributed by atoms with van der Waals surface area (Å²) in [6.45, 7) is 12.1. The second kappa shape index (κ2) is 14.4. The smallest absolute Gasteiger partial charge is 0.221 e. The molecule has 8 nitrogen and oxygen atoms in total. The molecule has 1 amide bonds. The Morgan fingerprint density at radius 1 is 1.19 bits per heavy atom. The number of amides is 1. The molecular formula is C18H37IN6O2. The minimum Gasteiger partial charge on any atom is -0.379 e. The lowest BCUT2D eigenvalue weighted by molar-refractivity contribution is -0.123. The zero-order chi connectivity index (χ0) is 18.6. The molecule has 0 spiro atoms. The van der Waals surface area contributed by atoms with Crippen molar-refractivity contribution in [2.45, 2.75) is 26.2 Å². The van der Waals surface area contributed by atoms with Crippen LogP contribution in [0.1, 0.15) is 26.2 Å². The third-order valence-corrected chi connectivity index (χ3v) is 4.98. The maximum absolute atomic E-state index is 11.4. The van der Waals surface area contributed by atoms with Crippen molar-refractivity contribution in [3.63, 3.8) is 0 Å². The number of nitrogens with zero attached hydrogens (tertiary/aromatic N) is 3. The van der Waals surface area contributed by atoms with Crippen molar-refractivity contribution in [2.75, 3.05) is 72.1 Å². The summed E-state index contributed by atoms with van der Waals surface area (Å²) in [7, 11) is 0. The highest BCUT2D eigenvalue weighted by molar-refractivity contribution is 14.0. The van der Waals surface area contributed by atoms with E-state index >= 15 is 0 Å². The normalized spacial score (nSPS) is 22.1. The first kappa shape index (κ1) is 24.4. The topological polar surface area (TPSA) is 95.2 Å². The summed E-state index contributed by atoms with van der Waals surface area (Å²) in [5, 5.41) is 6.71. The first-order valence-corrected chi connectivity index (χ1v) is 10.0. The monoisotopic (exact) mass is 496 g/mol. The lowest BCUT2D eigenvalue weighted by atomic mass is 9.97. The number of nitrogens with one attached hydrogen (secondary N) is 2. The van der Waals surface area contributed by atoms with Crippen LogP contribution in [0, 0.1) is 5.92 Å². The number of carbonyl (C=O) groups excluding carboxylic acids is 1. The van der Waals surface area contributed by atoms with Gasteiger partial charge in [0.05, 0.1) is 19.1 Å². The number of ether oxygens (including phenoxy) is 1. The van der Waals surface area contributed by atoms with Crippen molar-refractivity contribution >= 4 is 35.8 Å². The Labute approximate surface area is 180 Å². The van der Waals surface area contributed by atoms with Gasteiger partial charge in [0.25, 0.3) is 0 Å². The molecule has 2 aliphatic heterocycles. The van der Waals surface area contributed by atoms with E-state index in [4.69, 9.17) is 10.5 Å². The van der Waals surface area contributed by atoms with Crippen LogP contribution in [0.4, 0.5) is 0 Å². The quantitative estimate of drug-likeness (QED) is 0.181. The van der Waals surface area contributed by atoms with Crippen LogP contribution in [0.2, 0.25) is 0 Å². The van der Waals surface area contributed by atoms with Gasteiger partial charge in [-0.05, 0) is 39.3 Å². The van der Waals surface area contributed by atoms with Gasteiger partial charge in [0.2, 0.25) is 5.91 Å². The molecule has 9 heteroatoms. The summed E-state index contributed by atoms with van der Waals surface area (Å²) in [5.74, 6) is 0.743. The van der Waals surface area contributed by atoms with Gasteiger partial charge < -0.3 is 26.0 Å². The minimum absolute atomic E-state index is 0. The summed E-state index contributed by atoms with van der Waals surface area (Å²) >= 11 is 0. The SMILES string of the molecule is CCNC(=NCCCN1CCCC(C(N)=O)C1)NCCN1CCOCC1.I. The number of aliphatic imine (C=N–C) groups is 1. The van der Waals surface area contributed by atoms with E-state index in [1.807, 2.05) is 0 Å². The van der Waals surface area contributed by atoms with Gasteiger partial charge in [-0.2, -0.15) is 0 Å². The summed E-state index contributed by atoms with van der Waals surface area (Å²) in [6, 6.07) is 0. The van der Waals surface area contributed by atoms with Crippen molar-refractivity contribution in [3.8, 4) is 0 Å². The molecule has 0 radical (unpaired) electrons. The van der Waals surface area contributed by atoms with Crippen LogP contribution in [0.3, 0.4) is 0 Å². The van der Waals surface area contributed by atoms with Crippen LogP contribution in [0.25, 0.3) is 0 Å². The Bertz CT molecular complexity index is 446. The minimum atomic E-state index is -0.161. The van der Waals surface area contributed by atoms with E-state index in [1.54, 1.807) is 0 Å². The van der Waals surface area contributed by atoms with E-state index in [0.29, 0.717) is 0 Å². The highest BCUT2D eigenvalue weighted by atomic mass is 127. The maximum Gasteiger partial charge on any atom is 0.221 e. The van der Waals surface area contributed by atoms with E-state index in [0.717, 1.165) is 97.3 Å². The highest BCUT2D eigenvalue weighted by Gasteiger charge is 2.23. The standard InChI is InChI=1S/C18H36N6O2.HI/c1-2-20-18(22-7-10-23-11-13-26-14-12-23)21-6-4-9-24-8-3-5-16(15-24)17(19)25;/h16H,2-15H2,1H3,(H2,19,25)(H2,20,21,22);1H. The molecule has 1 atom stereocenters. The van der Waals surface area contributed by atoms with E-state index in [1.165, 1.54) is 0 Å². The zero-order valence-electron chi connectivity index (χ0n) is 16.6. The zero-order valence-corrected chi connectivity index (χ0v) is 19.0. The maximum atomic E-state index is 11.4. The molecule has 0 aromatic rings. The second-order valence-electron chi connectivity index (χ2n) is 7.04. The van der Waals surface area contributed by atoms with Crippen LogP contribution in [0.15, 0.2) is 4.99 Å². The Morgan fingerprint density at radius 3 is 2.67 bits per heavy atom. The third-order valence-electron chi connectivity index (χ3n) is 4.98. The number of nitrogens with two attached hydrogens (primary N) is 1. The molecule has 2 saturated heterocycles. The number of halogens is 1.